The fraction of sp³-hybridized carbons (Fsp3) is 0.118. The van der Waals surface area contributed by atoms with Gasteiger partial charge in [0.1, 0.15) is 5.94 Å². The number of benzene rings is 2. The van der Waals surface area contributed by atoms with Crippen molar-refractivity contribution < 1.29 is 41.2 Å². The molecule has 13 nitrogen and oxygen atoms in total. The van der Waals surface area contributed by atoms with Crippen molar-refractivity contribution in [3.8, 4) is 0 Å². The van der Waals surface area contributed by atoms with E-state index in [1.807, 2.05) is 0 Å². The highest BCUT2D eigenvalue weighted by Gasteiger charge is 2.41. The van der Waals surface area contributed by atoms with E-state index >= 15 is 0 Å². The van der Waals surface area contributed by atoms with Crippen LogP contribution in [0.3, 0.4) is 0 Å². The molecule has 1 aliphatic heterocycles. The fourth-order valence-corrected chi connectivity index (χ4v) is 3.75. The second-order valence-electron chi connectivity index (χ2n) is 6.27. The minimum atomic E-state index is -4.41. The van der Waals surface area contributed by atoms with Gasteiger partial charge in [0.2, 0.25) is 15.9 Å². The first-order chi connectivity index (χ1) is 14.9. The smallest absolute Gasteiger partial charge is 0.355 e. The predicted molar refractivity (Wildman–Crippen MR) is 108 cm³/mol. The number of amides is 1. The van der Waals surface area contributed by atoms with Gasteiger partial charge in [-0.1, -0.05) is 0 Å². The number of hydrazone groups is 1. The summed E-state index contributed by atoms with van der Waals surface area (Å²) in [5.74, 6) is -3.52. The molecule has 2 aromatic rings. The summed E-state index contributed by atoms with van der Waals surface area (Å²) in [6, 6.07) is 7.49. The van der Waals surface area contributed by atoms with Crippen molar-refractivity contribution >= 4 is 48.9 Å². The lowest BCUT2D eigenvalue weighted by Crippen LogP contribution is -2.33. The van der Waals surface area contributed by atoms with E-state index in [-0.39, 0.29) is 21.2 Å². The molecule has 2 aromatic carbocycles. The minimum Gasteiger partial charge on any atom is -0.477 e. The number of carbonyl (C=O) groups is 2. The van der Waals surface area contributed by atoms with Crippen LogP contribution in [0.2, 0.25) is 0 Å². The van der Waals surface area contributed by atoms with Crippen LogP contribution < -0.4 is 5.01 Å². The molecule has 0 fully saturated rings. The van der Waals surface area contributed by atoms with Gasteiger partial charge in [-0.2, -0.15) is 28.8 Å². The topological polar surface area (TPSA) is 203 Å². The predicted octanol–water partition coefficient (Wildman–Crippen LogP) is 0.597. The summed E-state index contributed by atoms with van der Waals surface area (Å²) in [4.78, 5) is 23.6. The van der Waals surface area contributed by atoms with Crippen molar-refractivity contribution in [3.63, 3.8) is 0 Å². The number of aliphatic hydroxyl groups excluding tert-OH is 1. The lowest BCUT2D eigenvalue weighted by Gasteiger charge is -2.12. The van der Waals surface area contributed by atoms with Gasteiger partial charge in [-0.25, -0.2) is 13.2 Å². The monoisotopic (exact) mass is 482 g/mol. The summed E-state index contributed by atoms with van der Waals surface area (Å²) in [6.45, 7) is 0. The number of carbonyl (C=O) groups excluding carboxylic acids is 1. The Labute approximate surface area is 181 Å². The summed E-state index contributed by atoms with van der Waals surface area (Å²) in [6.07, 6.45) is 0. The Balaban J connectivity index is 1.87. The van der Waals surface area contributed by atoms with Crippen molar-refractivity contribution in [1.29, 1.82) is 0 Å². The van der Waals surface area contributed by atoms with Crippen LogP contribution in [0.1, 0.15) is 0 Å². The van der Waals surface area contributed by atoms with E-state index in [0.29, 0.717) is 0 Å². The Hall–Kier alpha value is -3.53. The molecule has 168 valence electrons. The highest BCUT2D eigenvalue weighted by molar-refractivity contribution is 7.91. The van der Waals surface area contributed by atoms with Gasteiger partial charge >= 0.3 is 5.97 Å². The fourth-order valence-electron chi connectivity index (χ4n) is 2.57. The number of azo groups is 1. The first-order valence-corrected chi connectivity index (χ1v) is 11.6. The first-order valence-electron chi connectivity index (χ1n) is 8.52. The van der Waals surface area contributed by atoms with Gasteiger partial charge in [0, 0.05) is 0 Å². The van der Waals surface area contributed by atoms with Crippen molar-refractivity contribution in [2.75, 3.05) is 10.9 Å². The maximum atomic E-state index is 12.7. The van der Waals surface area contributed by atoms with E-state index in [1.165, 1.54) is 24.3 Å². The normalized spacial score (nSPS) is 17.1. The van der Waals surface area contributed by atoms with Crippen LogP contribution in [-0.2, 0) is 29.5 Å². The number of sulfone groups is 1. The molecule has 0 aromatic heterocycles. The van der Waals surface area contributed by atoms with E-state index < -0.39 is 49.5 Å². The van der Waals surface area contributed by atoms with Gasteiger partial charge < -0.3 is 10.2 Å². The summed E-state index contributed by atoms with van der Waals surface area (Å²) in [7, 11) is -8.32. The third-order valence-corrected chi connectivity index (χ3v) is 6.36. The number of nitrogens with zero attached hydrogens (tertiary/aromatic N) is 4. The minimum absolute atomic E-state index is 0.0563. The molecule has 0 radical (unpaired) electrons. The Bertz CT molecular complexity index is 1330. The average Bonchev–Trinajstić information content (AvgIpc) is 3.08. The molecule has 0 saturated heterocycles. The molecule has 1 amide bonds. The van der Waals surface area contributed by atoms with Gasteiger partial charge in [0.25, 0.3) is 16.0 Å². The number of carboxylic acid groups (broad SMARTS) is 1. The van der Waals surface area contributed by atoms with Crippen LogP contribution in [0.4, 0.5) is 11.4 Å². The van der Waals surface area contributed by atoms with E-state index in [0.717, 1.165) is 29.3 Å². The van der Waals surface area contributed by atoms with Gasteiger partial charge in [0.15, 0.2) is 5.71 Å². The largest absolute Gasteiger partial charge is 0.477 e. The summed E-state index contributed by atoms with van der Waals surface area (Å²) >= 11 is 0. The standard InChI is InChI=1S/C17H14N4O9S2/c22-9-31(26,27)12-7-3-11(4-8-12)21-16(23)14(15(20-21)17(24)25)19-18-10-1-5-13(6-2-10)32(28,29)30/h1-8,14,22H,9H2,(H,24,25)(H,28,29,30). The molecule has 3 rings (SSSR count). The molecule has 0 aliphatic carbocycles. The summed E-state index contributed by atoms with van der Waals surface area (Å²) in [5, 5.41) is 30.1. The third-order valence-electron chi connectivity index (χ3n) is 4.16. The second-order valence-corrected chi connectivity index (χ2v) is 9.65. The van der Waals surface area contributed by atoms with Crippen molar-refractivity contribution in [3.05, 3.63) is 48.5 Å². The number of aliphatic carboxylic acids is 1. The van der Waals surface area contributed by atoms with E-state index in [2.05, 4.69) is 15.3 Å². The number of hydrogen-bond acceptors (Lipinski definition) is 10. The Kier molecular flexibility index (Phi) is 6.18. The lowest BCUT2D eigenvalue weighted by molar-refractivity contribution is -0.130. The lowest BCUT2D eigenvalue weighted by atomic mass is 10.2. The zero-order chi connectivity index (χ0) is 23.7. The van der Waals surface area contributed by atoms with E-state index in [4.69, 9.17) is 9.66 Å². The first kappa shape index (κ1) is 23.1. The molecular weight excluding hydrogens is 468 g/mol. The van der Waals surface area contributed by atoms with Crippen LogP contribution in [0, 0.1) is 0 Å². The molecule has 1 heterocycles. The SMILES string of the molecule is O=C(O)C1=NN(c2ccc(S(=O)(=O)CO)cc2)C(=O)C1N=Nc1ccc(S(=O)(=O)O)cc1. The molecule has 1 unspecified atom stereocenters. The van der Waals surface area contributed by atoms with Crippen LogP contribution in [-0.4, -0.2) is 61.2 Å². The van der Waals surface area contributed by atoms with E-state index in [1.54, 1.807) is 0 Å². The third kappa shape index (κ3) is 4.70. The molecule has 1 atom stereocenters. The molecule has 0 saturated carbocycles. The Morgan fingerprint density at radius 3 is 2.06 bits per heavy atom. The summed E-state index contributed by atoms with van der Waals surface area (Å²) < 4.78 is 54.4. The van der Waals surface area contributed by atoms with Gasteiger partial charge in [-0.3, -0.25) is 9.35 Å². The quantitative estimate of drug-likeness (QED) is 0.373. The highest BCUT2D eigenvalue weighted by Crippen LogP contribution is 2.25. The van der Waals surface area contributed by atoms with Crippen LogP contribution in [0.5, 0.6) is 0 Å². The average molecular weight is 482 g/mol. The number of anilines is 1. The van der Waals surface area contributed by atoms with Crippen LogP contribution in [0.25, 0.3) is 0 Å². The molecule has 0 bridgehead atoms. The maximum absolute atomic E-state index is 12.7. The van der Waals surface area contributed by atoms with Gasteiger partial charge in [0.05, 0.1) is 21.2 Å². The zero-order valence-corrected chi connectivity index (χ0v) is 17.4. The molecule has 1 aliphatic rings. The number of hydrogen-bond donors (Lipinski definition) is 3. The highest BCUT2D eigenvalue weighted by atomic mass is 32.2. The molecule has 15 heteroatoms. The molecule has 32 heavy (non-hydrogen) atoms. The summed E-state index contributed by atoms with van der Waals surface area (Å²) in [5.41, 5.74) is -0.506. The van der Waals surface area contributed by atoms with Crippen LogP contribution in [0.15, 0.2) is 73.7 Å². The van der Waals surface area contributed by atoms with Gasteiger partial charge in [-0.15, -0.1) is 0 Å². The molecular formula is C17H14N4O9S2. The Morgan fingerprint density at radius 1 is 1.00 bits per heavy atom. The maximum Gasteiger partial charge on any atom is 0.355 e. The Morgan fingerprint density at radius 2 is 1.56 bits per heavy atom. The zero-order valence-electron chi connectivity index (χ0n) is 15.8. The molecule has 3 N–H and O–H groups in total. The van der Waals surface area contributed by atoms with Gasteiger partial charge in [-0.05, 0) is 48.5 Å². The second kappa shape index (κ2) is 8.54. The van der Waals surface area contributed by atoms with Crippen molar-refractivity contribution in [2.24, 2.45) is 15.3 Å². The number of aliphatic hydroxyl groups is 1. The van der Waals surface area contributed by atoms with Crippen molar-refractivity contribution in [1.82, 2.24) is 0 Å². The van der Waals surface area contributed by atoms with E-state index in [9.17, 15) is 31.5 Å². The van der Waals surface area contributed by atoms with Crippen LogP contribution >= 0.6 is 0 Å². The van der Waals surface area contributed by atoms with Crippen molar-refractivity contribution in [2.45, 2.75) is 15.8 Å². The number of rotatable bonds is 7. The number of carboxylic acids is 1. The molecule has 0 spiro atoms.